The second-order valence-electron chi connectivity index (χ2n) is 4.86. The van der Waals surface area contributed by atoms with E-state index in [1.807, 2.05) is 14.0 Å². The van der Waals surface area contributed by atoms with Crippen molar-refractivity contribution < 1.29 is 4.74 Å². The number of ether oxygens (including phenoxy) is 1. The van der Waals surface area contributed by atoms with E-state index in [-0.39, 0.29) is 0 Å². The van der Waals surface area contributed by atoms with E-state index < -0.39 is 0 Å². The van der Waals surface area contributed by atoms with E-state index in [9.17, 15) is 0 Å². The van der Waals surface area contributed by atoms with Crippen LogP contribution in [0.15, 0.2) is 0 Å². The first-order valence-corrected chi connectivity index (χ1v) is 6.61. The first-order chi connectivity index (χ1) is 8.19. The zero-order valence-corrected chi connectivity index (χ0v) is 11.6. The smallest absolute Gasteiger partial charge is 0.0855 e. The Labute approximate surface area is 106 Å². The standard InChI is InChI=1S/C14H26N2O/c1-5-6-7-8-13(15-4)14-11-16(12(2)3)9-10-17-14/h12-15H,7-11H2,1-4H3. The molecule has 1 rings (SSSR count). The molecule has 1 aliphatic heterocycles. The topological polar surface area (TPSA) is 24.5 Å². The van der Waals surface area contributed by atoms with Gasteiger partial charge < -0.3 is 10.1 Å². The zero-order valence-electron chi connectivity index (χ0n) is 11.6. The third kappa shape index (κ3) is 4.67. The van der Waals surface area contributed by atoms with Crippen LogP contribution in [0.3, 0.4) is 0 Å². The van der Waals surface area contributed by atoms with Crippen LogP contribution >= 0.6 is 0 Å². The van der Waals surface area contributed by atoms with Crippen molar-refractivity contribution in [3.05, 3.63) is 0 Å². The van der Waals surface area contributed by atoms with Gasteiger partial charge in [-0.1, -0.05) is 0 Å². The molecule has 1 aliphatic rings. The van der Waals surface area contributed by atoms with Crippen LogP contribution in [0.2, 0.25) is 0 Å². The van der Waals surface area contributed by atoms with Crippen molar-refractivity contribution in [1.29, 1.82) is 0 Å². The van der Waals surface area contributed by atoms with E-state index >= 15 is 0 Å². The number of nitrogens with one attached hydrogen (secondary N) is 1. The molecular weight excluding hydrogens is 212 g/mol. The number of hydrogen-bond donors (Lipinski definition) is 1. The fourth-order valence-corrected chi connectivity index (χ4v) is 2.28. The monoisotopic (exact) mass is 238 g/mol. The highest BCUT2D eigenvalue weighted by atomic mass is 16.5. The Morgan fingerprint density at radius 1 is 1.47 bits per heavy atom. The first kappa shape index (κ1) is 14.5. The summed E-state index contributed by atoms with van der Waals surface area (Å²) in [7, 11) is 2.02. The minimum atomic E-state index is 0.301. The molecule has 3 nitrogen and oxygen atoms in total. The summed E-state index contributed by atoms with van der Waals surface area (Å²) in [5, 5.41) is 3.37. The van der Waals surface area contributed by atoms with Gasteiger partial charge in [-0.3, -0.25) is 4.90 Å². The lowest BCUT2D eigenvalue weighted by molar-refractivity contribution is -0.0552. The second kappa shape index (κ2) is 7.71. The van der Waals surface area contributed by atoms with E-state index in [0.29, 0.717) is 18.2 Å². The Bertz CT molecular complexity index is 267. The average Bonchev–Trinajstić information content (AvgIpc) is 2.35. The van der Waals surface area contributed by atoms with Gasteiger partial charge in [0.15, 0.2) is 0 Å². The Balaban J connectivity index is 2.46. The van der Waals surface area contributed by atoms with Crippen LogP contribution in [0.4, 0.5) is 0 Å². The van der Waals surface area contributed by atoms with Crippen LogP contribution in [0.1, 0.15) is 33.6 Å². The lowest BCUT2D eigenvalue weighted by Crippen LogP contribution is -2.53. The van der Waals surface area contributed by atoms with Crippen LogP contribution in [0.25, 0.3) is 0 Å². The summed E-state index contributed by atoms with van der Waals surface area (Å²) < 4.78 is 5.89. The highest BCUT2D eigenvalue weighted by molar-refractivity contribution is 4.96. The quantitative estimate of drug-likeness (QED) is 0.734. The maximum atomic E-state index is 5.89. The third-order valence-corrected chi connectivity index (χ3v) is 3.43. The molecule has 1 saturated heterocycles. The number of morpholine rings is 1. The zero-order chi connectivity index (χ0) is 12.7. The van der Waals surface area contributed by atoms with Crippen molar-refractivity contribution in [2.75, 3.05) is 26.7 Å². The first-order valence-electron chi connectivity index (χ1n) is 6.61. The Kier molecular flexibility index (Phi) is 6.57. The fourth-order valence-electron chi connectivity index (χ4n) is 2.28. The van der Waals surface area contributed by atoms with Crippen molar-refractivity contribution in [2.24, 2.45) is 0 Å². The molecule has 0 aromatic rings. The maximum Gasteiger partial charge on any atom is 0.0855 e. The molecular formula is C14H26N2O. The van der Waals surface area contributed by atoms with E-state index in [0.717, 1.165) is 32.5 Å². The van der Waals surface area contributed by atoms with E-state index in [4.69, 9.17) is 4.74 Å². The largest absolute Gasteiger partial charge is 0.374 e. The molecule has 3 heteroatoms. The van der Waals surface area contributed by atoms with E-state index in [1.54, 1.807) is 0 Å². The molecule has 2 atom stereocenters. The van der Waals surface area contributed by atoms with Crippen molar-refractivity contribution in [1.82, 2.24) is 10.2 Å². The van der Waals surface area contributed by atoms with Crippen LogP contribution < -0.4 is 5.32 Å². The predicted octanol–water partition coefficient (Wildman–Crippen LogP) is 1.49. The van der Waals surface area contributed by atoms with Crippen LogP contribution in [0.5, 0.6) is 0 Å². The molecule has 17 heavy (non-hydrogen) atoms. The normalized spacial score (nSPS) is 23.2. The van der Waals surface area contributed by atoms with Gasteiger partial charge >= 0.3 is 0 Å². The van der Waals surface area contributed by atoms with Crippen LogP contribution in [-0.2, 0) is 4.74 Å². The lowest BCUT2D eigenvalue weighted by Gasteiger charge is -2.38. The number of rotatable bonds is 5. The fraction of sp³-hybridized carbons (Fsp3) is 0.857. The Morgan fingerprint density at radius 2 is 2.24 bits per heavy atom. The highest BCUT2D eigenvalue weighted by Crippen LogP contribution is 2.14. The Morgan fingerprint density at radius 3 is 2.82 bits per heavy atom. The van der Waals surface area contributed by atoms with Gasteiger partial charge in [0.2, 0.25) is 0 Å². The van der Waals surface area contributed by atoms with Crippen LogP contribution in [-0.4, -0.2) is 49.8 Å². The van der Waals surface area contributed by atoms with Crippen LogP contribution in [0, 0.1) is 11.8 Å². The molecule has 0 aliphatic carbocycles. The molecule has 0 spiro atoms. The van der Waals surface area contributed by atoms with Gasteiger partial charge in [-0.15, -0.1) is 11.8 Å². The minimum Gasteiger partial charge on any atom is -0.374 e. The highest BCUT2D eigenvalue weighted by Gasteiger charge is 2.27. The lowest BCUT2D eigenvalue weighted by atomic mass is 10.0. The molecule has 1 N–H and O–H groups in total. The minimum absolute atomic E-state index is 0.301. The second-order valence-corrected chi connectivity index (χ2v) is 4.86. The van der Waals surface area contributed by atoms with Crippen molar-refractivity contribution in [3.63, 3.8) is 0 Å². The molecule has 98 valence electrons. The Hall–Kier alpha value is -0.560. The van der Waals surface area contributed by atoms with Gasteiger partial charge in [0.25, 0.3) is 0 Å². The van der Waals surface area contributed by atoms with Gasteiger partial charge in [-0.05, 0) is 34.2 Å². The van der Waals surface area contributed by atoms with Gasteiger partial charge in [0.1, 0.15) is 0 Å². The van der Waals surface area contributed by atoms with Gasteiger partial charge in [0, 0.05) is 31.6 Å². The molecule has 0 aromatic heterocycles. The van der Waals surface area contributed by atoms with Gasteiger partial charge in [-0.2, -0.15) is 0 Å². The molecule has 1 heterocycles. The summed E-state index contributed by atoms with van der Waals surface area (Å²) in [6.45, 7) is 9.33. The summed E-state index contributed by atoms with van der Waals surface area (Å²) in [4.78, 5) is 2.49. The van der Waals surface area contributed by atoms with E-state index in [2.05, 4.69) is 35.9 Å². The molecule has 0 radical (unpaired) electrons. The molecule has 0 aromatic carbocycles. The molecule has 2 unspecified atom stereocenters. The summed E-state index contributed by atoms with van der Waals surface area (Å²) in [5.41, 5.74) is 0. The van der Waals surface area contributed by atoms with Crippen molar-refractivity contribution in [2.45, 2.75) is 51.8 Å². The average molecular weight is 238 g/mol. The van der Waals surface area contributed by atoms with Crippen molar-refractivity contribution in [3.8, 4) is 11.8 Å². The molecule has 0 bridgehead atoms. The number of nitrogens with zero attached hydrogens (tertiary/aromatic N) is 1. The summed E-state index contributed by atoms with van der Waals surface area (Å²) in [5.74, 6) is 6.08. The molecule has 0 saturated carbocycles. The van der Waals surface area contributed by atoms with E-state index in [1.165, 1.54) is 0 Å². The summed E-state index contributed by atoms with van der Waals surface area (Å²) in [6, 6.07) is 1.02. The maximum absolute atomic E-state index is 5.89. The third-order valence-electron chi connectivity index (χ3n) is 3.43. The number of hydrogen-bond acceptors (Lipinski definition) is 3. The van der Waals surface area contributed by atoms with Gasteiger partial charge in [0.05, 0.1) is 12.7 Å². The molecule has 1 fully saturated rings. The summed E-state index contributed by atoms with van der Waals surface area (Å²) in [6.07, 6.45) is 2.31. The van der Waals surface area contributed by atoms with Gasteiger partial charge in [-0.25, -0.2) is 0 Å². The predicted molar refractivity (Wildman–Crippen MR) is 72.0 cm³/mol. The number of likely N-dealkylation sites (N-methyl/N-ethyl adjacent to an activating group) is 1. The summed E-state index contributed by atoms with van der Waals surface area (Å²) >= 11 is 0. The van der Waals surface area contributed by atoms with Crippen molar-refractivity contribution >= 4 is 0 Å². The molecule has 0 amide bonds. The SMILES string of the molecule is CC#CCCC(NC)C1CN(C(C)C)CCO1.